The minimum Gasteiger partial charge on any atom is -0.364 e. The second-order valence-electron chi connectivity index (χ2n) is 5.69. The molecule has 1 aliphatic heterocycles. The molecule has 1 aliphatic rings. The summed E-state index contributed by atoms with van der Waals surface area (Å²) in [6.07, 6.45) is -7.85. The number of carbonyl (C=O) groups is 1. The van der Waals surface area contributed by atoms with Crippen LogP contribution in [0.3, 0.4) is 0 Å². The number of hydrogen-bond donors (Lipinski definition) is 1. The number of carbonyl (C=O) groups excluding carboxylic acids is 1. The summed E-state index contributed by atoms with van der Waals surface area (Å²) in [6.45, 7) is 1.36. The van der Waals surface area contributed by atoms with Gasteiger partial charge in [-0.15, -0.1) is 0 Å². The van der Waals surface area contributed by atoms with Crippen molar-refractivity contribution >= 4 is 11.6 Å². The van der Waals surface area contributed by atoms with E-state index >= 15 is 0 Å². The Hall–Kier alpha value is -2.75. The van der Waals surface area contributed by atoms with E-state index in [1.54, 1.807) is 30.3 Å². The molecule has 6 nitrogen and oxygen atoms in total. The van der Waals surface area contributed by atoms with Gasteiger partial charge in [-0.05, 0) is 6.92 Å². The van der Waals surface area contributed by atoms with Gasteiger partial charge in [0, 0.05) is 12.0 Å². The van der Waals surface area contributed by atoms with Crippen LogP contribution in [0.2, 0.25) is 0 Å². The van der Waals surface area contributed by atoms with Gasteiger partial charge < -0.3 is 9.63 Å². The molecule has 138 valence electrons. The summed E-state index contributed by atoms with van der Waals surface area (Å²) in [7, 11) is 0. The number of aliphatic hydroxyl groups is 1. The van der Waals surface area contributed by atoms with Crippen LogP contribution in [0.15, 0.2) is 40.0 Å². The van der Waals surface area contributed by atoms with Crippen LogP contribution < -0.4 is 0 Å². The van der Waals surface area contributed by atoms with Crippen LogP contribution in [0.4, 0.5) is 17.6 Å². The Bertz CT molecular complexity index is 854. The van der Waals surface area contributed by atoms with Crippen molar-refractivity contribution in [1.82, 2.24) is 10.2 Å². The van der Waals surface area contributed by atoms with E-state index in [2.05, 4.69) is 10.3 Å². The first-order valence-corrected chi connectivity index (χ1v) is 7.48. The number of aryl methyl sites for hydroxylation is 1. The normalized spacial score (nSPS) is 20.2. The molecule has 1 amide bonds. The molecule has 2 aromatic rings. The van der Waals surface area contributed by atoms with Gasteiger partial charge in [0.25, 0.3) is 18.8 Å². The van der Waals surface area contributed by atoms with Crippen LogP contribution in [0.25, 0.3) is 11.3 Å². The molecule has 0 saturated carbocycles. The Morgan fingerprint density at radius 3 is 2.50 bits per heavy atom. The van der Waals surface area contributed by atoms with Crippen molar-refractivity contribution in [3.8, 4) is 11.3 Å². The van der Waals surface area contributed by atoms with E-state index in [1.165, 1.54) is 6.92 Å². The van der Waals surface area contributed by atoms with E-state index in [9.17, 15) is 27.5 Å². The van der Waals surface area contributed by atoms with Crippen LogP contribution >= 0.6 is 0 Å². The second-order valence-corrected chi connectivity index (χ2v) is 5.69. The second kappa shape index (κ2) is 6.52. The molecule has 0 aliphatic carbocycles. The molecular formula is C16H13F4N3O3. The average molecular weight is 371 g/mol. The minimum atomic E-state index is -3.51. The number of benzene rings is 1. The number of aromatic nitrogens is 1. The van der Waals surface area contributed by atoms with Crippen molar-refractivity contribution in [2.45, 2.75) is 31.9 Å². The number of alkyl halides is 4. The number of hydrazone groups is 1. The molecule has 2 heterocycles. The van der Waals surface area contributed by atoms with Crippen molar-refractivity contribution in [2.75, 3.05) is 0 Å². The highest BCUT2D eigenvalue weighted by Gasteiger charge is 2.54. The Morgan fingerprint density at radius 2 is 1.92 bits per heavy atom. The third-order valence-electron chi connectivity index (χ3n) is 3.95. The van der Waals surface area contributed by atoms with E-state index in [-0.39, 0.29) is 22.0 Å². The van der Waals surface area contributed by atoms with Crippen LogP contribution in [0.1, 0.15) is 22.5 Å². The van der Waals surface area contributed by atoms with E-state index in [4.69, 9.17) is 4.52 Å². The zero-order valence-electron chi connectivity index (χ0n) is 13.4. The molecule has 0 saturated heterocycles. The average Bonchev–Trinajstić information content (AvgIpc) is 3.17. The van der Waals surface area contributed by atoms with Crippen LogP contribution in [-0.2, 0) is 0 Å². The molecule has 0 fully saturated rings. The Balaban J connectivity index is 2.08. The zero-order chi connectivity index (χ0) is 19.1. The van der Waals surface area contributed by atoms with Gasteiger partial charge in [0.1, 0.15) is 22.7 Å². The van der Waals surface area contributed by atoms with Crippen LogP contribution in [-0.4, -0.2) is 45.5 Å². The van der Waals surface area contributed by atoms with Gasteiger partial charge in [-0.2, -0.15) is 10.1 Å². The van der Waals surface area contributed by atoms with Crippen LogP contribution in [0, 0.1) is 6.92 Å². The van der Waals surface area contributed by atoms with E-state index in [1.807, 2.05) is 0 Å². The smallest absolute Gasteiger partial charge is 0.287 e. The molecule has 0 radical (unpaired) electrons. The highest BCUT2D eigenvalue weighted by molar-refractivity contribution is 6.03. The lowest BCUT2D eigenvalue weighted by molar-refractivity contribution is -0.164. The molecule has 1 aromatic heterocycles. The predicted molar refractivity (Wildman–Crippen MR) is 81.9 cm³/mol. The van der Waals surface area contributed by atoms with Gasteiger partial charge in [0.2, 0.25) is 5.72 Å². The fourth-order valence-corrected chi connectivity index (χ4v) is 2.63. The van der Waals surface area contributed by atoms with Gasteiger partial charge in [-0.3, -0.25) is 4.79 Å². The topological polar surface area (TPSA) is 78.9 Å². The van der Waals surface area contributed by atoms with Crippen molar-refractivity contribution in [3.63, 3.8) is 0 Å². The molecule has 10 heteroatoms. The molecule has 0 spiro atoms. The Labute approximate surface area is 144 Å². The number of halogens is 4. The van der Waals surface area contributed by atoms with E-state index in [0.29, 0.717) is 5.56 Å². The van der Waals surface area contributed by atoms with Crippen molar-refractivity contribution in [1.29, 1.82) is 0 Å². The SMILES string of the molecule is Cc1onc(-c2ccccc2)c1C(=O)N1N=C(C(F)F)CC1(O)C(F)F. The highest BCUT2D eigenvalue weighted by Crippen LogP contribution is 2.36. The first-order valence-electron chi connectivity index (χ1n) is 7.48. The summed E-state index contributed by atoms with van der Waals surface area (Å²) in [6, 6.07) is 8.24. The number of amides is 1. The molecule has 1 atom stereocenters. The zero-order valence-corrected chi connectivity index (χ0v) is 13.4. The lowest BCUT2D eigenvalue weighted by Gasteiger charge is -2.29. The van der Waals surface area contributed by atoms with Crippen molar-refractivity contribution in [3.05, 3.63) is 41.7 Å². The fraction of sp³-hybridized carbons (Fsp3) is 0.312. The maximum Gasteiger partial charge on any atom is 0.287 e. The lowest BCUT2D eigenvalue weighted by Crippen LogP contribution is -2.51. The maximum absolute atomic E-state index is 13.3. The first kappa shape index (κ1) is 18.1. The summed E-state index contributed by atoms with van der Waals surface area (Å²) in [5.74, 6) is -1.23. The van der Waals surface area contributed by atoms with Crippen molar-refractivity contribution < 1.29 is 32.0 Å². The molecular weight excluding hydrogens is 358 g/mol. The monoisotopic (exact) mass is 371 g/mol. The third kappa shape index (κ3) is 2.85. The number of nitrogens with zero attached hydrogens (tertiary/aromatic N) is 3. The number of hydrogen-bond acceptors (Lipinski definition) is 5. The largest absolute Gasteiger partial charge is 0.364 e. The fourth-order valence-electron chi connectivity index (χ4n) is 2.63. The summed E-state index contributed by atoms with van der Waals surface area (Å²) in [5.41, 5.74) is -3.93. The minimum absolute atomic E-state index is 0.00880. The van der Waals surface area contributed by atoms with Gasteiger partial charge in [0.15, 0.2) is 0 Å². The first-order chi connectivity index (χ1) is 12.3. The third-order valence-corrected chi connectivity index (χ3v) is 3.95. The maximum atomic E-state index is 13.3. The van der Waals surface area contributed by atoms with Crippen LogP contribution in [0.5, 0.6) is 0 Å². The molecule has 3 rings (SSSR count). The summed E-state index contributed by atoms with van der Waals surface area (Å²) < 4.78 is 57.4. The number of rotatable bonds is 4. The molecule has 1 aromatic carbocycles. The Kier molecular flexibility index (Phi) is 4.53. The molecule has 1 N–H and O–H groups in total. The summed E-state index contributed by atoms with van der Waals surface area (Å²) in [4.78, 5) is 12.8. The lowest BCUT2D eigenvalue weighted by atomic mass is 10.0. The van der Waals surface area contributed by atoms with Gasteiger partial charge in [0.05, 0.1) is 0 Å². The standard InChI is InChI=1S/C16H13F4N3O3/c1-8-11(12(22-26-8)9-5-3-2-4-6-9)14(24)23-16(25,15(19)20)7-10(21-23)13(17)18/h2-6,13,15,25H,7H2,1H3. The predicted octanol–water partition coefficient (Wildman–Crippen LogP) is 3.07. The quantitative estimate of drug-likeness (QED) is 0.838. The molecule has 1 unspecified atom stereocenters. The van der Waals surface area contributed by atoms with Gasteiger partial charge >= 0.3 is 0 Å². The molecule has 0 bridgehead atoms. The highest BCUT2D eigenvalue weighted by atomic mass is 19.3. The summed E-state index contributed by atoms with van der Waals surface area (Å²) in [5, 5.41) is 17.1. The van der Waals surface area contributed by atoms with Gasteiger partial charge in [-0.25, -0.2) is 17.6 Å². The Morgan fingerprint density at radius 1 is 1.27 bits per heavy atom. The van der Waals surface area contributed by atoms with Gasteiger partial charge in [-0.1, -0.05) is 35.5 Å². The summed E-state index contributed by atoms with van der Waals surface area (Å²) >= 11 is 0. The molecule has 26 heavy (non-hydrogen) atoms. The van der Waals surface area contributed by atoms with E-state index < -0.39 is 36.6 Å². The van der Waals surface area contributed by atoms with E-state index in [0.717, 1.165) is 0 Å². The van der Waals surface area contributed by atoms with Crippen molar-refractivity contribution in [2.24, 2.45) is 5.10 Å².